The molecular weight excluding hydrogens is 144 g/mol. The lowest BCUT2D eigenvalue weighted by molar-refractivity contribution is 1.22. The van der Waals surface area contributed by atoms with Gasteiger partial charge in [-0.05, 0) is 20.3 Å². The van der Waals surface area contributed by atoms with Crippen molar-refractivity contribution in [1.82, 2.24) is 0 Å². The van der Waals surface area contributed by atoms with Gasteiger partial charge in [-0.15, -0.1) is 0 Å². The van der Waals surface area contributed by atoms with Crippen LogP contribution in [0.3, 0.4) is 0 Å². The molecule has 0 spiro atoms. The van der Waals surface area contributed by atoms with Crippen LogP contribution in [0, 0.1) is 0 Å². The van der Waals surface area contributed by atoms with Crippen molar-refractivity contribution in [3.8, 4) is 0 Å². The molecule has 0 nitrogen and oxygen atoms in total. The Morgan fingerprint density at radius 3 is 1.67 bits per heavy atom. The van der Waals surface area contributed by atoms with E-state index < -0.39 is 0 Å². The van der Waals surface area contributed by atoms with Crippen molar-refractivity contribution in [3.63, 3.8) is 0 Å². The highest BCUT2D eigenvalue weighted by atomic mass is 13.8. The van der Waals surface area contributed by atoms with E-state index in [4.69, 9.17) is 0 Å². The summed E-state index contributed by atoms with van der Waals surface area (Å²) in [6, 6.07) is 0. The molecule has 0 aromatic rings. The predicted molar refractivity (Wildman–Crippen MR) is 59.3 cm³/mol. The maximum atomic E-state index is 3.66. The van der Waals surface area contributed by atoms with Crippen LogP contribution in [0.15, 0.2) is 49.1 Å². The average Bonchev–Trinajstić information content (AvgIpc) is 2.02. The largest absolute Gasteiger partial charge is 0.0991 e. The van der Waals surface area contributed by atoms with E-state index in [0.717, 1.165) is 17.6 Å². The van der Waals surface area contributed by atoms with Crippen LogP contribution >= 0.6 is 0 Å². The first-order valence-electron chi connectivity index (χ1n) is 4.15. The standard InChI is InChI=1S/2C6H10/c1-5(2)6(3)4;1-3-5-6-4-2/h1,3H2,2,4H3;3,5-6H,1,4H2,2H3. The molecule has 0 aliphatic heterocycles. The molecule has 0 saturated heterocycles. The van der Waals surface area contributed by atoms with Crippen LogP contribution in [0.25, 0.3) is 0 Å². The van der Waals surface area contributed by atoms with Crippen LogP contribution in [0.2, 0.25) is 0 Å². The van der Waals surface area contributed by atoms with Crippen molar-refractivity contribution >= 4 is 0 Å². The van der Waals surface area contributed by atoms with Crippen LogP contribution in [0.1, 0.15) is 27.2 Å². The van der Waals surface area contributed by atoms with Gasteiger partial charge in [-0.3, -0.25) is 0 Å². The molecule has 0 rings (SSSR count). The van der Waals surface area contributed by atoms with Crippen molar-refractivity contribution in [1.29, 1.82) is 0 Å². The Balaban J connectivity index is 0. The van der Waals surface area contributed by atoms with Crippen LogP contribution < -0.4 is 0 Å². The Hall–Kier alpha value is -1.04. The zero-order valence-corrected chi connectivity index (χ0v) is 8.56. The third-order valence-corrected chi connectivity index (χ3v) is 1.24. The topological polar surface area (TPSA) is 0 Å². The molecule has 0 N–H and O–H groups in total. The van der Waals surface area contributed by atoms with Crippen LogP contribution in [0.5, 0.6) is 0 Å². The van der Waals surface area contributed by atoms with Gasteiger partial charge in [-0.1, -0.05) is 56.0 Å². The minimum atomic E-state index is 1.06. The monoisotopic (exact) mass is 164 g/mol. The Bertz CT molecular complexity index is 158. The number of hydrogen-bond donors (Lipinski definition) is 0. The molecular formula is C12H20. The molecule has 0 saturated carbocycles. The van der Waals surface area contributed by atoms with Crippen molar-refractivity contribution in [2.45, 2.75) is 27.2 Å². The third kappa shape index (κ3) is 16.0. The van der Waals surface area contributed by atoms with Crippen molar-refractivity contribution in [2.24, 2.45) is 0 Å². The Morgan fingerprint density at radius 2 is 1.58 bits per heavy atom. The van der Waals surface area contributed by atoms with Gasteiger partial charge < -0.3 is 0 Å². The third-order valence-electron chi connectivity index (χ3n) is 1.24. The second kappa shape index (κ2) is 9.96. The lowest BCUT2D eigenvalue weighted by atomic mass is 10.2. The number of hydrogen-bond acceptors (Lipinski definition) is 0. The first kappa shape index (κ1) is 13.5. The molecule has 0 bridgehead atoms. The molecule has 0 radical (unpaired) electrons. The molecule has 0 amide bonds. The molecule has 0 aromatic heterocycles. The normalized spacial score (nSPS) is 8.58. The van der Waals surface area contributed by atoms with E-state index in [9.17, 15) is 0 Å². The molecule has 0 atom stereocenters. The summed E-state index contributed by atoms with van der Waals surface area (Å²) < 4.78 is 0. The first-order chi connectivity index (χ1) is 5.56. The first-order valence-corrected chi connectivity index (χ1v) is 4.15. The Morgan fingerprint density at radius 1 is 1.17 bits per heavy atom. The van der Waals surface area contributed by atoms with Crippen molar-refractivity contribution in [2.75, 3.05) is 0 Å². The smallest absolute Gasteiger partial charge is 0.0376 e. The zero-order chi connectivity index (χ0) is 9.98. The van der Waals surface area contributed by atoms with E-state index in [1.807, 2.05) is 19.9 Å². The van der Waals surface area contributed by atoms with Crippen molar-refractivity contribution < 1.29 is 0 Å². The van der Waals surface area contributed by atoms with Gasteiger partial charge in [0.15, 0.2) is 0 Å². The second-order valence-electron chi connectivity index (χ2n) is 2.63. The molecule has 0 aliphatic carbocycles. The minimum Gasteiger partial charge on any atom is -0.0991 e. The minimum absolute atomic E-state index is 1.06. The van der Waals surface area contributed by atoms with Crippen LogP contribution in [0.4, 0.5) is 0 Å². The summed E-state index contributed by atoms with van der Waals surface area (Å²) in [5.41, 5.74) is 2.13. The van der Waals surface area contributed by atoms with Gasteiger partial charge >= 0.3 is 0 Å². The highest BCUT2D eigenvalue weighted by Gasteiger charge is 1.77. The van der Waals surface area contributed by atoms with Gasteiger partial charge in [0.05, 0.1) is 0 Å². The summed E-state index contributed by atoms with van der Waals surface area (Å²) in [6.07, 6.45) is 6.89. The number of rotatable bonds is 3. The van der Waals surface area contributed by atoms with Gasteiger partial charge in [0, 0.05) is 0 Å². The highest BCUT2D eigenvalue weighted by molar-refractivity contribution is 5.19. The summed E-state index contributed by atoms with van der Waals surface area (Å²) in [7, 11) is 0. The van der Waals surface area contributed by atoms with Gasteiger partial charge in [0.25, 0.3) is 0 Å². The van der Waals surface area contributed by atoms with E-state index in [-0.39, 0.29) is 0 Å². The second-order valence-corrected chi connectivity index (χ2v) is 2.63. The zero-order valence-electron chi connectivity index (χ0n) is 8.56. The van der Waals surface area contributed by atoms with Gasteiger partial charge in [0.1, 0.15) is 0 Å². The Kier molecular flexibility index (Phi) is 11.2. The molecule has 0 aliphatic rings. The van der Waals surface area contributed by atoms with E-state index >= 15 is 0 Å². The average molecular weight is 164 g/mol. The molecule has 0 heterocycles. The van der Waals surface area contributed by atoms with Gasteiger partial charge in [-0.25, -0.2) is 0 Å². The summed E-state index contributed by atoms with van der Waals surface area (Å²) in [5.74, 6) is 0. The maximum absolute atomic E-state index is 3.66. The summed E-state index contributed by atoms with van der Waals surface area (Å²) in [6.45, 7) is 16.8. The van der Waals surface area contributed by atoms with Crippen LogP contribution in [-0.4, -0.2) is 0 Å². The molecule has 0 fully saturated rings. The van der Waals surface area contributed by atoms with Crippen LogP contribution in [-0.2, 0) is 0 Å². The quantitative estimate of drug-likeness (QED) is 0.546. The summed E-state index contributed by atoms with van der Waals surface area (Å²) in [4.78, 5) is 0. The lowest BCUT2D eigenvalue weighted by Gasteiger charge is -1.88. The predicted octanol–water partition coefficient (Wildman–Crippen LogP) is 4.28. The molecule has 12 heavy (non-hydrogen) atoms. The number of allylic oxidation sites excluding steroid dienone is 5. The fourth-order valence-electron chi connectivity index (χ4n) is 0.232. The van der Waals surface area contributed by atoms with E-state index in [2.05, 4.69) is 32.7 Å². The molecule has 0 heteroatoms. The molecule has 0 aromatic carbocycles. The maximum Gasteiger partial charge on any atom is -0.0376 e. The Labute approximate surface area is 77.0 Å². The fraction of sp³-hybridized carbons (Fsp3) is 0.333. The van der Waals surface area contributed by atoms with E-state index in [1.165, 1.54) is 0 Å². The molecule has 68 valence electrons. The fourth-order valence-corrected chi connectivity index (χ4v) is 0.232. The van der Waals surface area contributed by atoms with E-state index in [0.29, 0.717) is 0 Å². The lowest BCUT2D eigenvalue weighted by Crippen LogP contribution is -1.67. The SMILES string of the molecule is C=C(C)C(=C)C.C=CC=CCC. The highest BCUT2D eigenvalue weighted by Crippen LogP contribution is 1.98. The molecule has 0 unspecified atom stereocenters. The van der Waals surface area contributed by atoms with Crippen molar-refractivity contribution in [3.05, 3.63) is 49.1 Å². The van der Waals surface area contributed by atoms with Gasteiger partial charge in [-0.2, -0.15) is 0 Å². The van der Waals surface area contributed by atoms with E-state index in [1.54, 1.807) is 6.08 Å². The summed E-state index contributed by atoms with van der Waals surface area (Å²) >= 11 is 0. The summed E-state index contributed by atoms with van der Waals surface area (Å²) in [5, 5.41) is 0. The van der Waals surface area contributed by atoms with Gasteiger partial charge in [0.2, 0.25) is 0 Å².